The van der Waals surface area contributed by atoms with Crippen LogP contribution in [-0.4, -0.2) is 11.7 Å². The fourth-order valence-electron chi connectivity index (χ4n) is 9.74. The molecule has 160 valence electrons. The van der Waals surface area contributed by atoms with Crippen LogP contribution in [0, 0.1) is 46.3 Å². The maximum atomic E-state index is 6.60. The van der Waals surface area contributed by atoms with Gasteiger partial charge in [-0.25, -0.2) is 0 Å². The van der Waals surface area contributed by atoms with Crippen molar-refractivity contribution in [3.8, 4) is 0 Å². The molecule has 0 amide bonds. The van der Waals surface area contributed by atoms with Gasteiger partial charge in [0.05, 0.1) is 6.10 Å². The first-order chi connectivity index (χ1) is 13.3. The molecule has 0 bridgehead atoms. The zero-order valence-corrected chi connectivity index (χ0v) is 19.4. The third kappa shape index (κ3) is 2.66. The smallest absolute Gasteiger partial charge is 0.100 e. The number of epoxide rings is 1. The van der Waals surface area contributed by atoms with E-state index in [1.165, 1.54) is 77.0 Å². The van der Waals surface area contributed by atoms with E-state index in [-0.39, 0.29) is 0 Å². The minimum absolute atomic E-state index is 0.322. The van der Waals surface area contributed by atoms with Crippen molar-refractivity contribution in [3.63, 3.8) is 0 Å². The van der Waals surface area contributed by atoms with E-state index in [9.17, 15) is 0 Å². The predicted octanol–water partition coefficient (Wildman–Crippen LogP) is 7.63. The van der Waals surface area contributed by atoms with Gasteiger partial charge in [0.15, 0.2) is 0 Å². The Kier molecular flexibility index (Phi) is 4.78. The molecule has 1 nitrogen and oxygen atoms in total. The Bertz CT molecular complexity index is 597. The number of hydrogen-bond acceptors (Lipinski definition) is 1. The first-order valence-electron chi connectivity index (χ1n) is 13.0. The molecule has 0 N–H and O–H groups in total. The van der Waals surface area contributed by atoms with Crippen molar-refractivity contribution < 1.29 is 4.74 Å². The molecule has 28 heavy (non-hydrogen) atoms. The first kappa shape index (κ1) is 19.9. The van der Waals surface area contributed by atoms with E-state index in [0.717, 1.165) is 35.5 Å². The van der Waals surface area contributed by atoms with Crippen LogP contribution < -0.4 is 0 Å². The van der Waals surface area contributed by atoms with Crippen LogP contribution in [0.2, 0.25) is 0 Å². The highest BCUT2D eigenvalue weighted by atomic mass is 16.6. The zero-order chi connectivity index (χ0) is 19.7. The number of ether oxygens (including phenoxy) is 1. The monoisotopic (exact) mass is 386 g/mol. The first-order valence-corrected chi connectivity index (χ1v) is 13.0. The summed E-state index contributed by atoms with van der Waals surface area (Å²) in [6.45, 7) is 12.8. The fourth-order valence-corrected chi connectivity index (χ4v) is 9.74. The minimum Gasteiger partial charge on any atom is -0.365 e. The molecular formula is C27H46O. The van der Waals surface area contributed by atoms with Gasteiger partial charge in [0.25, 0.3) is 0 Å². The van der Waals surface area contributed by atoms with E-state index in [1.54, 1.807) is 0 Å². The number of hydrogen-bond donors (Lipinski definition) is 0. The van der Waals surface area contributed by atoms with Crippen LogP contribution >= 0.6 is 0 Å². The standard InChI is InChI=1S/C27H46O/c1-18(2)9-8-10-19(3)21-11-12-22-20-17-24-27(28-24)15-7-6-14-26(27,5)23(20)13-16-25(21,22)4/h18-24H,6-17H2,1-5H3/t19-,20+,21-,22+,23+,24-,25-,26-,27-/m1/s1. The lowest BCUT2D eigenvalue weighted by atomic mass is 9.44. The summed E-state index contributed by atoms with van der Waals surface area (Å²) in [6.07, 6.45) is 18.1. The van der Waals surface area contributed by atoms with Crippen molar-refractivity contribution in [3.05, 3.63) is 0 Å². The lowest BCUT2D eigenvalue weighted by molar-refractivity contribution is -0.100. The van der Waals surface area contributed by atoms with E-state index >= 15 is 0 Å². The molecule has 5 rings (SSSR count). The molecule has 1 spiro atoms. The molecule has 1 saturated heterocycles. The largest absolute Gasteiger partial charge is 0.365 e. The van der Waals surface area contributed by atoms with Crippen molar-refractivity contribution in [2.75, 3.05) is 0 Å². The molecule has 1 heterocycles. The summed E-state index contributed by atoms with van der Waals surface area (Å²) in [5.41, 5.74) is 1.45. The number of fused-ring (bicyclic) bond motifs is 4. The Labute approximate surface area is 174 Å². The molecule has 9 atom stereocenters. The average Bonchev–Trinajstić information content (AvgIpc) is 3.23. The van der Waals surface area contributed by atoms with Crippen molar-refractivity contribution in [1.29, 1.82) is 0 Å². The summed E-state index contributed by atoms with van der Waals surface area (Å²) < 4.78 is 6.60. The van der Waals surface area contributed by atoms with Crippen LogP contribution in [0.1, 0.15) is 112 Å². The van der Waals surface area contributed by atoms with Crippen LogP contribution in [0.4, 0.5) is 0 Å². The molecule has 4 saturated carbocycles. The van der Waals surface area contributed by atoms with E-state index < -0.39 is 0 Å². The Morgan fingerprint density at radius 3 is 2.46 bits per heavy atom. The van der Waals surface area contributed by atoms with Gasteiger partial charge in [-0.3, -0.25) is 0 Å². The van der Waals surface area contributed by atoms with Gasteiger partial charge in [0, 0.05) is 5.41 Å². The van der Waals surface area contributed by atoms with Crippen molar-refractivity contribution in [2.24, 2.45) is 46.3 Å². The summed E-state index contributed by atoms with van der Waals surface area (Å²) in [7, 11) is 0. The van der Waals surface area contributed by atoms with Crippen LogP contribution in [0.5, 0.6) is 0 Å². The minimum atomic E-state index is 0.322. The van der Waals surface area contributed by atoms with Gasteiger partial charge in [-0.05, 0) is 85.9 Å². The number of rotatable bonds is 5. The molecule has 1 aliphatic heterocycles. The molecule has 0 aromatic carbocycles. The Morgan fingerprint density at radius 2 is 1.68 bits per heavy atom. The third-order valence-corrected chi connectivity index (χ3v) is 11.2. The summed E-state index contributed by atoms with van der Waals surface area (Å²) in [5, 5.41) is 0. The second-order valence-electron chi connectivity index (χ2n) is 12.8. The van der Waals surface area contributed by atoms with Gasteiger partial charge in [0.1, 0.15) is 5.60 Å². The molecule has 5 aliphatic rings. The van der Waals surface area contributed by atoms with Crippen molar-refractivity contribution in [2.45, 2.75) is 123 Å². The Hall–Kier alpha value is -0.0400. The van der Waals surface area contributed by atoms with E-state index in [2.05, 4.69) is 34.6 Å². The van der Waals surface area contributed by atoms with E-state index in [0.29, 0.717) is 22.5 Å². The average molecular weight is 387 g/mol. The fraction of sp³-hybridized carbons (Fsp3) is 1.00. The Balaban J connectivity index is 1.33. The SMILES string of the molecule is CC(C)CCC[C@@H](C)[C@H]1CC[C@H]2[C@@H]3C[C@H]4O[C@]45CCCC[C@]5(C)[C@H]3CC[C@]12C. The second kappa shape index (κ2) is 6.73. The molecular weight excluding hydrogens is 340 g/mol. The highest BCUT2D eigenvalue weighted by molar-refractivity contribution is 5.23. The van der Waals surface area contributed by atoms with Crippen LogP contribution in [0.15, 0.2) is 0 Å². The quantitative estimate of drug-likeness (QED) is 0.442. The van der Waals surface area contributed by atoms with E-state index in [4.69, 9.17) is 4.74 Å². The molecule has 0 aromatic rings. The molecule has 0 aromatic heterocycles. The predicted molar refractivity (Wildman–Crippen MR) is 117 cm³/mol. The molecule has 0 radical (unpaired) electrons. The summed E-state index contributed by atoms with van der Waals surface area (Å²) in [4.78, 5) is 0. The normalized spacial score (nSPS) is 53.1. The van der Waals surface area contributed by atoms with Crippen molar-refractivity contribution >= 4 is 0 Å². The summed E-state index contributed by atoms with van der Waals surface area (Å²) in [5.74, 6) is 5.69. The lowest BCUT2D eigenvalue weighted by Gasteiger charge is -2.59. The van der Waals surface area contributed by atoms with Gasteiger partial charge in [0.2, 0.25) is 0 Å². The molecule has 5 fully saturated rings. The second-order valence-corrected chi connectivity index (χ2v) is 12.8. The summed E-state index contributed by atoms with van der Waals surface area (Å²) >= 11 is 0. The third-order valence-electron chi connectivity index (χ3n) is 11.2. The maximum Gasteiger partial charge on any atom is 0.100 e. The highest BCUT2D eigenvalue weighted by Crippen LogP contribution is 2.74. The van der Waals surface area contributed by atoms with Gasteiger partial charge < -0.3 is 4.74 Å². The van der Waals surface area contributed by atoms with E-state index in [1.807, 2.05) is 0 Å². The van der Waals surface area contributed by atoms with Crippen LogP contribution in [-0.2, 0) is 4.74 Å². The Morgan fingerprint density at radius 1 is 0.893 bits per heavy atom. The highest BCUT2D eigenvalue weighted by Gasteiger charge is 2.75. The topological polar surface area (TPSA) is 12.5 Å². The molecule has 4 aliphatic carbocycles. The lowest BCUT2D eigenvalue weighted by Crippen LogP contribution is -2.57. The zero-order valence-electron chi connectivity index (χ0n) is 19.4. The summed E-state index contributed by atoms with van der Waals surface area (Å²) in [6, 6.07) is 0. The van der Waals surface area contributed by atoms with Crippen LogP contribution in [0.3, 0.4) is 0 Å². The van der Waals surface area contributed by atoms with Gasteiger partial charge in [-0.2, -0.15) is 0 Å². The van der Waals surface area contributed by atoms with Gasteiger partial charge in [-0.15, -0.1) is 0 Å². The van der Waals surface area contributed by atoms with Crippen LogP contribution in [0.25, 0.3) is 0 Å². The van der Waals surface area contributed by atoms with Gasteiger partial charge >= 0.3 is 0 Å². The maximum absolute atomic E-state index is 6.60. The van der Waals surface area contributed by atoms with Crippen molar-refractivity contribution in [1.82, 2.24) is 0 Å². The molecule has 0 unspecified atom stereocenters. The van der Waals surface area contributed by atoms with Gasteiger partial charge in [-0.1, -0.05) is 66.7 Å². The molecule has 1 heteroatoms.